The molecule has 3 atom stereocenters. The summed E-state index contributed by atoms with van der Waals surface area (Å²) in [6.45, 7) is 10.3. The maximum absolute atomic E-state index is 5.96. The second-order valence-electron chi connectivity index (χ2n) is 6.82. The van der Waals surface area contributed by atoms with Crippen molar-refractivity contribution in [2.45, 2.75) is 38.8 Å². The molecule has 4 heteroatoms. The molecule has 3 unspecified atom stereocenters. The van der Waals surface area contributed by atoms with Crippen LogP contribution in [0.5, 0.6) is 0 Å². The zero-order valence-corrected chi connectivity index (χ0v) is 12.0. The number of fused-ring (bicyclic) bond motifs is 1. The first kappa shape index (κ1) is 12.9. The molecule has 0 radical (unpaired) electrons. The van der Waals surface area contributed by atoms with E-state index in [4.69, 9.17) is 4.74 Å². The van der Waals surface area contributed by atoms with Crippen LogP contribution < -0.4 is 5.43 Å². The number of hydrazine groups is 1. The first-order chi connectivity index (χ1) is 8.59. The Morgan fingerprint density at radius 1 is 1.17 bits per heavy atom. The molecule has 0 amide bonds. The summed E-state index contributed by atoms with van der Waals surface area (Å²) in [4.78, 5) is 2.40. The van der Waals surface area contributed by atoms with E-state index in [-0.39, 0.29) is 5.41 Å². The fraction of sp³-hybridized carbons (Fsp3) is 1.00. The Hall–Kier alpha value is -0.160. The number of hydrogen-bond donors (Lipinski definition) is 1. The highest BCUT2D eigenvalue weighted by Gasteiger charge is 2.58. The van der Waals surface area contributed by atoms with Crippen molar-refractivity contribution in [3.05, 3.63) is 0 Å². The van der Waals surface area contributed by atoms with Gasteiger partial charge in [0.25, 0.3) is 0 Å². The molecule has 3 aliphatic rings. The minimum absolute atomic E-state index is 0.286. The Morgan fingerprint density at radius 2 is 1.89 bits per heavy atom. The van der Waals surface area contributed by atoms with Crippen LogP contribution in [0.3, 0.4) is 0 Å². The van der Waals surface area contributed by atoms with Gasteiger partial charge in [-0.3, -0.25) is 5.43 Å². The second kappa shape index (κ2) is 4.75. The number of likely N-dealkylation sites (N-methyl/N-ethyl adjacent to an activating group) is 1. The van der Waals surface area contributed by atoms with E-state index in [9.17, 15) is 0 Å². The number of nitrogens with zero attached hydrogens (tertiary/aromatic N) is 2. The highest BCUT2D eigenvalue weighted by Crippen LogP contribution is 2.51. The SMILES string of the molecule is CN1CCN(NC2C3CCCOC3C2(C)C)CC1. The third-order valence-electron chi connectivity index (χ3n) is 5.16. The lowest BCUT2D eigenvalue weighted by atomic mass is 9.55. The average Bonchev–Trinajstić information content (AvgIpc) is 2.38. The van der Waals surface area contributed by atoms with Crippen molar-refractivity contribution in [1.82, 2.24) is 15.3 Å². The highest BCUT2D eigenvalue weighted by atomic mass is 16.5. The topological polar surface area (TPSA) is 27.7 Å². The largest absolute Gasteiger partial charge is 0.377 e. The first-order valence-electron chi connectivity index (χ1n) is 7.40. The Bertz CT molecular complexity index is 299. The third kappa shape index (κ3) is 2.09. The zero-order valence-electron chi connectivity index (χ0n) is 12.0. The van der Waals surface area contributed by atoms with Gasteiger partial charge in [-0.05, 0) is 19.9 Å². The van der Waals surface area contributed by atoms with Gasteiger partial charge in [-0.15, -0.1) is 0 Å². The summed E-state index contributed by atoms with van der Waals surface area (Å²) in [5.74, 6) is 0.730. The molecule has 2 saturated heterocycles. The summed E-state index contributed by atoms with van der Waals surface area (Å²) in [5, 5.41) is 2.43. The number of hydrogen-bond acceptors (Lipinski definition) is 4. The fourth-order valence-corrected chi connectivity index (χ4v) is 3.92. The molecule has 104 valence electrons. The first-order valence-corrected chi connectivity index (χ1v) is 7.40. The van der Waals surface area contributed by atoms with E-state index in [1.165, 1.54) is 25.9 Å². The summed E-state index contributed by atoms with van der Waals surface area (Å²) in [6.07, 6.45) is 3.05. The van der Waals surface area contributed by atoms with Crippen LogP contribution in [0.2, 0.25) is 0 Å². The predicted molar refractivity (Wildman–Crippen MR) is 72.2 cm³/mol. The fourth-order valence-electron chi connectivity index (χ4n) is 3.92. The van der Waals surface area contributed by atoms with Gasteiger partial charge in [-0.25, -0.2) is 5.01 Å². The summed E-state index contributed by atoms with van der Waals surface area (Å²) in [6, 6.07) is 0.603. The molecule has 2 heterocycles. The lowest BCUT2D eigenvalue weighted by Gasteiger charge is -2.61. The summed E-state index contributed by atoms with van der Waals surface area (Å²) < 4.78 is 5.96. The molecule has 1 aliphatic carbocycles. The number of nitrogens with one attached hydrogen (secondary N) is 1. The molecule has 3 rings (SSSR count). The summed E-state index contributed by atoms with van der Waals surface area (Å²) in [5.41, 5.74) is 4.08. The van der Waals surface area contributed by atoms with Gasteiger partial charge in [0.2, 0.25) is 0 Å². The molecule has 1 saturated carbocycles. The van der Waals surface area contributed by atoms with Gasteiger partial charge < -0.3 is 9.64 Å². The van der Waals surface area contributed by atoms with Gasteiger partial charge in [0.1, 0.15) is 0 Å². The molecular formula is C14H27N3O. The van der Waals surface area contributed by atoms with Crippen LogP contribution in [0.4, 0.5) is 0 Å². The van der Waals surface area contributed by atoms with Gasteiger partial charge in [0, 0.05) is 50.2 Å². The van der Waals surface area contributed by atoms with Crippen LogP contribution in [-0.4, -0.2) is 61.9 Å². The lowest BCUT2D eigenvalue weighted by molar-refractivity contribution is -0.206. The molecule has 4 nitrogen and oxygen atoms in total. The Kier molecular flexibility index (Phi) is 3.39. The van der Waals surface area contributed by atoms with Gasteiger partial charge in [-0.1, -0.05) is 13.8 Å². The Morgan fingerprint density at radius 3 is 2.61 bits per heavy atom. The van der Waals surface area contributed by atoms with E-state index in [2.05, 4.69) is 36.2 Å². The van der Waals surface area contributed by atoms with Crippen molar-refractivity contribution >= 4 is 0 Å². The summed E-state index contributed by atoms with van der Waals surface area (Å²) in [7, 11) is 2.20. The lowest BCUT2D eigenvalue weighted by Crippen LogP contribution is -2.72. The van der Waals surface area contributed by atoms with Crippen molar-refractivity contribution in [2.24, 2.45) is 11.3 Å². The van der Waals surface area contributed by atoms with Crippen molar-refractivity contribution in [3.8, 4) is 0 Å². The maximum Gasteiger partial charge on any atom is 0.0685 e. The molecule has 0 spiro atoms. The van der Waals surface area contributed by atoms with Crippen molar-refractivity contribution in [1.29, 1.82) is 0 Å². The monoisotopic (exact) mass is 253 g/mol. The molecule has 0 aromatic rings. The molecule has 0 aromatic heterocycles. The van der Waals surface area contributed by atoms with Crippen molar-refractivity contribution in [3.63, 3.8) is 0 Å². The van der Waals surface area contributed by atoms with Gasteiger partial charge in [-0.2, -0.15) is 0 Å². The van der Waals surface area contributed by atoms with E-state index >= 15 is 0 Å². The minimum Gasteiger partial charge on any atom is -0.377 e. The molecule has 0 aromatic carbocycles. The number of piperazine rings is 1. The van der Waals surface area contributed by atoms with E-state index in [0.29, 0.717) is 12.1 Å². The van der Waals surface area contributed by atoms with Crippen LogP contribution >= 0.6 is 0 Å². The van der Waals surface area contributed by atoms with Gasteiger partial charge >= 0.3 is 0 Å². The standard InChI is InChI=1S/C14H27N3O/c1-14(2)12(11-5-4-10-18-13(11)14)15-17-8-6-16(3)7-9-17/h11-13,15H,4-10H2,1-3H3. The van der Waals surface area contributed by atoms with E-state index < -0.39 is 0 Å². The van der Waals surface area contributed by atoms with Gasteiger partial charge in [0.15, 0.2) is 0 Å². The smallest absolute Gasteiger partial charge is 0.0685 e. The van der Waals surface area contributed by atoms with Crippen LogP contribution in [0.15, 0.2) is 0 Å². The van der Waals surface area contributed by atoms with Crippen molar-refractivity contribution < 1.29 is 4.74 Å². The zero-order chi connectivity index (χ0) is 12.8. The van der Waals surface area contributed by atoms with Crippen LogP contribution in [0.1, 0.15) is 26.7 Å². The number of ether oxygens (including phenoxy) is 1. The van der Waals surface area contributed by atoms with Crippen LogP contribution in [-0.2, 0) is 4.74 Å². The Labute approximate surface area is 111 Å². The molecule has 0 bridgehead atoms. The average molecular weight is 253 g/mol. The Balaban J connectivity index is 1.59. The van der Waals surface area contributed by atoms with Gasteiger partial charge in [0.05, 0.1) is 6.10 Å². The minimum atomic E-state index is 0.286. The molecule has 2 aliphatic heterocycles. The van der Waals surface area contributed by atoms with Crippen LogP contribution in [0.25, 0.3) is 0 Å². The molecular weight excluding hydrogens is 226 g/mol. The summed E-state index contributed by atoms with van der Waals surface area (Å²) >= 11 is 0. The normalized spacial score (nSPS) is 41.2. The van der Waals surface area contributed by atoms with E-state index in [1.807, 2.05) is 0 Å². The molecule has 18 heavy (non-hydrogen) atoms. The second-order valence-corrected chi connectivity index (χ2v) is 6.82. The third-order valence-corrected chi connectivity index (χ3v) is 5.16. The van der Waals surface area contributed by atoms with Crippen LogP contribution in [0, 0.1) is 11.3 Å². The van der Waals surface area contributed by atoms with E-state index in [0.717, 1.165) is 25.6 Å². The number of rotatable bonds is 2. The predicted octanol–water partition coefficient (Wildman–Crippen LogP) is 0.942. The maximum atomic E-state index is 5.96. The van der Waals surface area contributed by atoms with E-state index in [1.54, 1.807) is 0 Å². The molecule has 1 N–H and O–H groups in total. The van der Waals surface area contributed by atoms with Crippen molar-refractivity contribution in [2.75, 3.05) is 39.8 Å². The molecule has 3 fully saturated rings. The highest BCUT2D eigenvalue weighted by molar-refractivity contribution is 5.09. The quantitative estimate of drug-likeness (QED) is 0.793.